The first-order chi connectivity index (χ1) is 9.86. The number of carbonyl (C=O) groups excluding carboxylic acids is 1. The van der Waals surface area contributed by atoms with E-state index in [1.807, 2.05) is 6.92 Å². The van der Waals surface area contributed by atoms with Crippen LogP contribution in [0.15, 0.2) is 29.2 Å². The van der Waals surface area contributed by atoms with Gasteiger partial charge in [0.15, 0.2) is 6.61 Å². The lowest BCUT2D eigenvalue weighted by atomic mass is 10.2. The van der Waals surface area contributed by atoms with Gasteiger partial charge in [0.25, 0.3) is 10.1 Å². The monoisotopic (exact) mass is 316 g/mol. The van der Waals surface area contributed by atoms with E-state index in [0.717, 1.165) is 25.0 Å². The Morgan fingerprint density at radius 1 is 1.19 bits per heavy atom. The average molecular weight is 316 g/mol. The van der Waals surface area contributed by atoms with Crippen LogP contribution in [-0.2, 0) is 23.8 Å². The summed E-state index contributed by atoms with van der Waals surface area (Å²) in [5.74, 6) is -1.94. The highest BCUT2D eigenvalue weighted by atomic mass is 32.2. The van der Waals surface area contributed by atoms with E-state index in [4.69, 9.17) is 9.84 Å². The summed E-state index contributed by atoms with van der Waals surface area (Å²) in [4.78, 5) is 21.7. The number of carboxylic acids is 1. The highest BCUT2D eigenvalue weighted by Crippen LogP contribution is 2.14. The summed E-state index contributed by atoms with van der Waals surface area (Å²) in [6.07, 6.45) is 1.65. The highest BCUT2D eigenvalue weighted by molar-refractivity contribution is 7.86. The summed E-state index contributed by atoms with van der Waals surface area (Å²) >= 11 is 0. The van der Waals surface area contributed by atoms with Crippen LogP contribution >= 0.6 is 0 Å². The van der Waals surface area contributed by atoms with Gasteiger partial charge in [0.05, 0.1) is 17.1 Å². The largest absolute Gasteiger partial charge is 0.479 e. The smallest absolute Gasteiger partial charge is 0.338 e. The second-order valence-corrected chi connectivity index (χ2v) is 5.74. The highest BCUT2D eigenvalue weighted by Gasteiger charge is 2.17. The lowest BCUT2D eigenvalue weighted by molar-refractivity contribution is -0.139. The first-order valence-corrected chi connectivity index (χ1v) is 7.66. The number of benzene rings is 1. The maximum atomic E-state index is 11.6. The molecule has 116 valence electrons. The molecule has 21 heavy (non-hydrogen) atoms. The lowest BCUT2D eigenvalue weighted by Crippen LogP contribution is -2.14. The minimum Gasteiger partial charge on any atom is -0.479 e. The summed E-state index contributed by atoms with van der Waals surface area (Å²) in [6, 6.07) is 4.89. The van der Waals surface area contributed by atoms with Gasteiger partial charge < -0.3 is 9.84 Å². The van der Waals surface area contributed by atoms with E-state index in [-0.39, 0.29) is 10.5 Å². The van der Waals surface area contributed by atoms with Crippen LogP contribution in [0.3, 0.4) is 0 Å². The fraction of sp³-hybridized carbons (Fsp3) is 0.385. The maximum Gasteiger partial charge on any atom is 0.338 e. The van der Waals surface area contributed by atoms with Gasteiger partial charge in [-0.05, 0) is 30.7 Å². The summed E-state index contributed by atoms with van der Waals surface area (Å²) in [7, 11) is -4.15. The average Bonchev–Trinajstić information content (AvgIpc) is 2.45. The standard InChI is InChI=1S/C13H16O7S/c1-2-3-8-19-13(16)10-4-6-11(7-5-10)21(17,18)20-9-12(14)15/h4-7H,2-3,8-9H2,1H3,(H,14,15). The molecule has 1 aromatic rings. The van der Waals surface area contributed by atoms with Gasteiger partial charge in [-0.1, -0.05) is 13.3 Å². The molecule has 1 N–H and O–H groups in total. The molecular formula is C13H16O7S. The van der Waals surface area contributed by atoms with Crippen LogP contribution in [0, 0.1) is 0 Å². The molecule has 0 unspecified atom stereocenters. The molecule has 1 aromatic carbocycles. The molecule has 7 nitrogen and oxygen atoms in total. The Kier molecular flexibility index (Phi) is 6.32. The van der Waals surface area contributed by atoms with Gasteiger partial charge in [0, 0.05) is 0 Å². The van der Waals surface area contributed by atoms with Gasteiger partial charge in [-0.15, -0.1) is 0 Å². The number of aliphatic carboxylic acids is 1. The van der Waals surface area contributed by atoms with Crippen molar-refractivity contribution in [2.75, 3.05) is 13.2 Å². The van der Waals surface area contributed by atoms with Crippen molar-refractivity contribution >= 4 is 22.1 Å². The van der Waals surface area contributed by atoms with Gasteiger partial charge in [-0.3, -0.25) is 4.18 Å². The van der Waals surface area contributed by atoms with Crippen LogP contribution < -0.4 is 0 Å². The minimum absolute atomic E-state index is 0.211. The predicted octanol–water partition coefficient (Wildman–Crippen LogP) is 1.43. The van der Waals surface area contributed by atoms with Crippen molar-refractivity contribution in [3.8, 4) is 0 Å². The molecule has 1 rings (SSSR count). The van der Waals surface area contributed by atoms with Crippen molar-refractivity contribution in [1.82, 2.24) is 0 Å². The minimum atomic E-state index is -4.15. The van der Waals surface area contributed by atoms with E-state index < -0.39 is 28.7 Å². The van der Waals surface area contributed by atoms with Gasteiger partial charge in [0.2, 0.25) is 0 Å². The molecule has 0 amide bonds. The van der Waals surface area contributed by atoms with Gasteiger partial charge in [-0.25, -0.2) is 9.59 Å². The van der Waals surface area contributed by atoms with E-state index >= 15 is 0 Å². The Labute approximate surface area is 122 Å². The number of esters is 1. The molecule has 0 saturated heterocycles. The third-order valence-corrected chi connectivity index (χ3v) is 3.72. The van der Waals surface area contributed by atoms with Crippen LogP contribution in [0.25, 0.3) is 0 Å². The second-order valence-electron chi connectivity index (χ2n) is 4.12. The maximum absolute atomic E-state index is 11.6. The third-order valence-electron chi connectivity index (χ3n) is 2.45. The van der Waals surface area contributed by atoms with Crippen LogP contribution in [0.4, 0.5) is 0 Å². The number of carboxylic acid groups (broad SMARTS) is 1. The Hall–Kier alpha value is -1.93. The SMILES string of the molecule is CCCCOC(=O)c1ccc(S(=O)(=O)OCC(=O)O)cc1. The van der Waals surface area contributed by atoms with Crippen molar-refractivity contribution in [3.63, 3.8) is 0 Å². The van der Waals surface area contributed by atoms with Crippen LogP contribution in [-0.4, -0.2) is 38.7 Å². The zero-order chi connectivity index (χ0) is 15.9. The van der Waals surface area contributed by atoms with E-state index in [1.165, 1.54) is 12.1 Å². The molecule has 0 aliphatic rings. The number of carbonyl (C=O) groups is 2. The Bertz CT molecular complexity index is 589. The molecule has 0 radical (unpaired) electrons. The van der Waals surface area contributed by atoms with E-state index in [0.29, 0.717) is 6.61 Å². The van der Waals surface area contributed by atoms with Crippen molar-refractivity contribution in [1.29, 1.82) is 0 Å². The van der Waals surface area contributed by atoms with Crippen molar-refractivity contribution < 1.29 is 32.0 Å². The number of hydrogen-bond donors (Lipinski definition) is 1. The summed E-state index contributed by atoms with van der Waals surface area (Å²) in [5.41, 5.74) is 0.211. The Balaban J connectivity index is 2.73. The fourth-order valence-electron chi connectivity index (χ4n) is 1.35. The Morgan fingerprint density at radius 2 is 1.81 bits per heavy atom. The number of unbranched alkanes of at least 4 members (excludes halogenated alkanes) is 1. The summed E-state index contributed by atoms with van der Waals surface area (Å²) < 4.78 is 32.5. The van der Waals surface area contributed by atoms with Gasteiger partial charge in [0.1, 0.15) is 0 Å². The zero-order valence-electron chi connectivity index (χ0n) is 11.4. The van der Waals surface area contributed by atoms with E-state index in [1.54, 1.807) is 0 Å². The molecule has 0 fully saturated rings. The van der Waals surface area contributed by atoms with Gasteiger partial charge in [-0.2, -0.15) is 8.42 Å². The van der Waals surface area contributed by atoms with Crippen LogP contribution in [0.1, 0.15) is 30.1 Å². The molecule has 0 atom stereocenters. The molecule has 0 saturated carbocycles. The molecule has 0 heterocycles. The van der Waals surface area contributed by atoms with Crippen molar-refractivity contribution in [3.05, 3.63) is 29.8 Å². The fourth-order valence-corrected chi connectivity index (χ4v) is 2.21. The van der Waals surface area contributed by atoms with Crippen LogP contribution in [0.2, 0.25) is 0 Å². The molecule has 0 aliphatic carbocycles. The number of rotatable bonds is 8. The van der Waals surface area contributed by atoms with E-state index in [2.05, 4.69) is 4.18 Å². The first-order valence-electron chi connectivity index (χ1n) is 6.25. The van der Waals surface area contributed by atoms with Crippen molar-refractivity contribution in [2.24, 2.45) is 0 Å². The molecule has 8 heteroatoms. The van der Waals surface area contributed by atoms with E-state index in [9.17, 15) is 18.0 Å². The quantitative estimate of drug-likeness (QED) is 0.439. The predicted molar refractivity (Wildman–Crippen MR) is 72.4 cm³/mol. The molecule has 0 aliphatic heterocycles. The second kappa shape index (κ2) is 7.75. The van der Waals surface area contributed by atoms with Gasteiger partial charge >= 0.3 is 11.9 Å². The number of ether oxygens (including phenoxy) is 1. The molecule has 0 bridgehead atoms. The van der Waals surface area contributed by atoms with Crippen molar-refractivity contribution in [2.45, 2.75) is 24.7 Å². The molecule has 0 spiro atoms. The summed E-state index contributed by atoms with van der Waals surface area (Å²) in [6.45, 7) is 1.31. The topological polar surface area (TPSA) is 107 Å². The Morgan fingerprint density at radius 3 is 2.33 bits per heavy atom. The zero-order valence-corrected chi connectivity index (χ0v) is 12.3. The van der Waals surface area contributed by atoms with Crippen LogP contribution in [0.5, 0.6) is 0 Å². The first kappa shape index (κ1) is 17.1. The molecular weight excluding hydrogens is 300 g/mol. The third kappa shape index (κ3) is 5.52. The normalized spacial score (nSPS) is 11.1. The number of hydrogen-bond acceptors (Lipinski definition) is 6. The molecule has 0 aromatic heterocycles. The summed E-state index contributed by atoms with van der Waals surface area (Å²) in [5, 5.41) is 8.39. The lowest BCUT2D eigenvalue weighted by Gasteiger charge is -2.06.